The minimum absolute atomic E-state index is 0.0972. The molecule has 0 aliphatic carbocycles. The molecule has 1 aliphatic rings. The summed E-state index contributed by atoms with van der Waals surface area (Å²) in [5.41, 5.74) is 1.50. The number of aliphatic carboxylic acids is 1. The van der Waals surface area contributed by atoms with E-state index in [0.717, 1.165) is 0 Å². The average Bonchev–Trinajstić information content (AvgIpc) is 2.87. The topological polar surface area (TPSA) is 101 Å². The lowest BCUT2D eigenvalue weighted by molar-refractivity contribution is -0.134. The van der Waals surface area contributed by atoms with E-state index in [4.69, 9.17) is 5.11 Å². The summed E-state index contributed by atoms with van der Waals surface area (Å²) >= 11 is 0. The smallest absolute Gasteiger partial charge is 0.322 e. The van der Waals surface area contributed by atoms with E-state index in [1.165, 1.54) is 4.57 Å². The molecule has 0 saturated carbocycles. The van der Waals surface area contributed by atoms with Crippen molar-refractivity contribution in [2.45, 2.75) is 0 Å². The van der Waals surface area contributed by atoms with Crippen LogP contribution >= 0.6 is 0 Å². The van der Waals surface area contributed by atoms with Crippen LogP contribution in [0.1, 0.15) is 16.2 Å². The van der Waals surface area contributed by atoms with Crippen molar-refractivity contribution in [3.63, 3.8) is 0 Å². The lowest BCUT2D eigenvalue weighted by atomic mass is 10.1. The summed E-state index contributed by atoms with van der Waals surface area (Å²) in [6.45, 7) is -0.257. The first kappa shape index (κ1) is 14.1. The molecule has 0 bridgehead atoms. The predicted octanol–water partition coefficient (Wildman–Crippen LogP) is 1.43. The maximum Gasteiger partial charge on any atom is 0.322 e. The van der Waals surface area contributed by atoms with Crippen molar-refractivity contribution >= 4 is 28.3 Å². The number of hydrogen-bond acceptors (Lipinski definition) is 5. The van der Waals surface area contributed by atoms with E-state index in [1.807, 2.05) is 0 Å². The van der Waals surface area contributed by atoms with Gasteiger partial charge in [0.05, 0.1) is 22.2 Å². The molecule has 4 rings (SSSR count). The molecular weight excluding hydrogens is 310 g/mol. The number of nitrogens with one attached hydrogen (secondary N) is 1. The quantitative estimate of drug-likeness (QED) is 0.592. The number of carboxylic acids is 1. The second-order valence-corrected chi connectivity index (χ2v) is 5.40. The Morgan fingerprint density at radius 2 is 1.96 bits per heavy atom. The maximum absolute atomic E-state index is 12.8. The Labute approximate surface area is 135 Å². The molecule has 0 amide bonds. The normalized spacial score (nSPS) is 12.1. The van der Waals surface area contributed by atoms with Crippen molar-refractivity contribution in [1.29, 1.82) is 0 Å². The van der Waals surface area contributed by atoms with Gasteiger partial charge in [-0.2, -0.15) is 0 Å². The number of para-hydroxylation sites is 1. The van der Waals surface area contributed by atoms with Gasteiger partial charge in [0.15, 0.2) is 5.82 Å². The minimum atomic E-state index is -1.00. The molecule has 2 aromatic carbocycles. The number of rotatable bonds is 3. The summed E-state index contributed by atoms with van der Waals surface area (Å²) in [5, 5.41) is 11.8. The van der Waals surface area contributed by atoms with Crippen LogP contribution in [0.2, 0.25) is 0 Å². The molecular formula is C17H11N3O4. The highest BCUT2D eigenvalue weighted by Gasteiger charge is 2.29. The largest absolute Gasteiger partial charge is 0.480 e. The molecule has 0 atom stereocenters. The molecule has 0 fully saturated rings. The summed E-state index contributed by atoms with van der Waals surface area (Å²) in [6.07, 6.45) is 0. The Morgan fingerprint density at radius 1 is 1.17 bits per heavy atom. The predicted molar refractivity (Wildman–Crippen MR) is 86.9 cm³/mol. The molecule has 0 spiro atoms. The van der Waals surface area contributed by atoms with E-state index in [9.17, 15) is 14.4 Å². The van der Waals surface area contributed by atoms with Gasteiger partial charge in [-0.1, -0.05) is 12.1 Å². The van der Waals surface area contributed by atoms with Crippen molar-refractivity contribution in [2.75, 3.05) is 11.9 Å². The number of ketones is 1. The number of anilines is 1. The number of nitrogens with zero attached hydrogens (tertiary/aromatic N) is 2. The third-order valence-electron chi connectivity index (χ3n) is 3.90. The van der Waals surface area contributed by atoms with Crippen LogP contribution in [-0.4, -0.2) is 33.0 Å². The highest BCUT2D eigenvalue weighted by atomic mass is 16.4. The third-order valence-corrected chi connectivity index (χ3v) is 3.90. The summed E-state index contributed by atoms with van der Waals surface area (Å²) in [6, 6.07) is 11.6. The minimum Gasteiger partial charge on any atom is -0.480 e. The van der Waals surface area contributed by atoms with Gasteiger partial charge in [-0.15, -0.1) is 0 Å². The lowest BCUT2D eigenvalue weighted by Gasteiger charge is -2.08. The first-order valence-corrected chi connectivity index (χ1v) is 7.23. The average molecular weight is 321 g/mol. The van der Waals surface area contributed by atoms with Crippen LogP contribution in [0.3, 0.4) is 0 Å². The first-order chi connectivity index (χ1) is 11.6. The summed E-state index contributed by atoms with van der Waals surface area (Å²) in [4.78, 5) is 40.2. The van der Waals surface area contributed by atoms with Gasteiger partial charge in [0.1, 0.15) is 6.54 Å². The van der Waals surface area contributed by atoms with Gasteiger partial charge in [0.2, 0.25) is 5.78 Å². The van der Waals surface area contributed by atoms with Crippen molar-refractivity contribution < 1.29 is 14.7 Å². The van der Waals surface area contributed by atoms with E-state index < -0.39 is 5.97 Å². The number of carbonyl (C=O) groups is 2. The Bertz CT molecular complexity index is 1080. The zero-order chi connectivity index (χ0) is 16.8. The molecule has 7 heteroatoms. The summed E-state index contributed by atoms with van der Waals surface area (Å²) < 4.78 is 1.31. The van der Waals surface area contributed by atoms with E-state index in [0.29, 0.717) is 27.8 Å². The Hall–Kier alpha value is -3.48. The standard InChI is InChI=1S/C17H11N3O4/c21-14(22)8-18-9-5-6-12-11(7-9)17(24)20-13-4-2-1-3-10(13)15(23)16(20)19-12/h1-7,18H,8H2,(H,21,22). The lowest BCUT2D eigenvalue weighted by Crippen LogP contribution is -2.21. The fourth-order valence-corrected chi connectivity index (χ4v) is 2.83. The van der Waals surface area contributed by atoms with Crippen molar-refractivity contribution in [3.05, 3.63) is 64.2 Å². The van der Waals surface area contributed by atoms with Crippen LogP contribution in [0, 0.1) is 0 Å². The number of fused-ring (bicyclic) bond motifs is 4. The van der Waals surface area contributed by atoms with Crippen LogP contribution in [-0.2, 0) is 4.79 Å². The van der Waals surface area contributed by atoms with Crippen LogP contribution in [0.5, 0.6) is 0 Å². The number of carbonyl (C=O) groups excluding carboxylic acids is 1. The monoisotopic (exact) mass is 321 g/mol. The van der Waals surface area contributed by atoms with E-state index in [2.05, 4.69) is 10.3 Å². The van der Waals surface area contributed by atoms with Gasteiger partial charge >= 0.3 is 5.97 Å². The van der Waals surface area contributed by atoms with E-state index >= 15 is 0 Å². The molecule has 24 heavy (non-hydrogen) atoms. The van der Waals surface area contributed by atoms with Gasteiger partial charge in [-0.25, -0.2) is 4.98 Å². The molecule has 1 aliphatic heterocycles. The first-order valence-electron chi connectivity index (χ1n) is 7.23. The Kier molecular flexibility index (Phi) is 2.96. The van der Waals surface area contributed by atoms with Gasteiger partial charge in [-0.05, 0) is 30.3 Å². The molecule has 0 saturated heterocycles. The van der Waals surface area contributed by atoms with Gasteiger partial charge < -0.3 is 10.4 Å². The molecule has 2 N–H and O–H groups in total. The molecule has 1 aromatic heterocycles. The van der Waals surface area contributed by atoms with Gasteiger partial charge in [0.25, 0.3) is 5.56 Å². The number of hydrogen-bond donors (Lipinski definition) is 2. The van der Waals surface area contributed by atoms with Gasteiger partial charge in [-0.3, -0.25) is 19.0 Å². The van der Waals surface area contributed by atoms with Crippen molar-refractivity contribution in [3.8, 4) is 5.69 Å². The third kappa shape index (κ3) is 1.98. The molecule has 0 unspecified atom stereocenters. The van der Waals surface area contributed by atoms with Crippen LogP contribution in [0.4, 0.5) is 5.69 Å². The maximum atomic E-state index is 12.8. The second-order valence-electron chi connectivity index (χ2n) is 5.40. The number of aromatic nitrogens is 2. The second kappa shape index (κ2) is 5.02. The molecule has 118 valence electrons. The van der Waals surface area contributed by atoms with E-state index in [1.54, 1.807) is 42.5 Å². The van der Waals surface area contributed by atoms with E-state index in [-0.39, 0.29) is 23.7 Å². The van der Waals surface area contributed by atoms with Gasteiger partial charge in [0, 0.05) is 5.69 Å². The zero-order valence-electron chi connectivity index (χ0n) is 12.3. The molecule has 7 nitrogen and oxygen atoms in total. The summed E-state index contributed by atoms with van der Waals surface area (Å²) in [7, 11) is 0. The summed E-state index contributed by atoms with van der Waals surface area (Å²) in [5.74, 6) is -1.18. The number of carboxylic acid groups (broad SMARTS) is 1. The SMILES string of the molecule is O=C(O)CNc1ccc2nc3n(c(=O)c2c1)-c1ccccc1C3=O. The van der Waals surface area contributed by atoms with Crippen LogP contribution < -0.4 is 10.9 Å². The molecule has 2 heterocycles. The highest BCUT2D eigenvalue weighted by Crippen LogP contribution is 2.26. The zero-order valence-corrected chi connectivity index (χ0v) is 12.3. The molecule has 3 aromatic rings. The van der Waals surface area contributed by atoms with Crippen molar-refractivity contribution in [2.24, 2.45) is 0 Å². The Balaban J connectivity index is 1.94. The number of benzene rings is 2. The van der Waals surface area contributed by atoms with Crippen LogP contribution in [0.15, 0.2) is 47.3 Å². The highest BCUT2D eigenvalue weighted by molar-refractivity contribution is 6.13. The molecule has 0 radical (unpaired) electrons. The Morgan fingerprint density at radius 3 is 2.75 bits per heavy atom. The van der Waals surface area contributed by atoms with Crippen molar-refractivity contribution in [1.82, 2.24) is 9.55 Å². The van der Waals surface area contributed by atoms with Crippen LogP contribution in [0.25, 0.3) is 16.6 Å². The fraction of sp³-hybridized carbons (Fsp3) is 0.0588. The fourth-order valence-electron chi connectivity index (χ4n) is 2.83.